The number of nitrogens with one attached hydrogen (secondary N) is 2. The molecule has 0 radical (unpaired) electrons. The van der Waals surface area contributed by atoms with Gasteiger partial charge in [0.05, 0.1) is 4.90 Å². The van der Waals surface area contributed by atoms with E-state index in [1.54, 1.807) is 36.4 Å². The van der Waals surface area contributed by atoms with E-state index < -0.39 is 16.1 Å². The van der Waals surface area contributed by atoms with Crippen LogP contribution in [0.5, 0.6) is 5.75 Å². The van der Waals surface area contributed by atoms with Gasteiger partial charge in [-0.3, -0.25) is 4.79 Å². The average Bonchev–Trinajstić information content (AvgIpc) is 2.70. The summed E-state index contributed by atoms with van der Waals surface area (Å²) in [7, 11) is -3.70. The summed E-state index contributed by atoms with van der Waals surface area (Å²) < 4.78 is 28.0. The van der Waals surface area contributed by atoms with Crippen molar-refractivity contribution in [3.05, 3.63) is 59.7 Å². The highest BCUT2D eigenvalue weighted by Crippen LogP contribution is 2.13. The predicted molar refractivity (Wildman–Crippen MR) is 118 cm³/mol. The lowest BCUT2D eigenvalue weighted by atomic mass is 10.1. The number of rotatable bonds is 11. The molecule has 0 heterocycles. The van der Waals surface area contributed by atoms with Crippen molar-refractivity contribution in [1.29, 1.82) is 0 Å². The molecule has 8 nitrogen and oxygen atoms in total. The molecular weight excluding hydrogens is 430 g/mol. The summed E-state index contributed by atoms with van der Waals surface area (Å²) >= 11 is 0. The molecule has 30 heavy (non-hydrogen) atoms. The van der Waals surface area contributed by atoms with Crippen LogP contribution in [0.1, 0.15) is 22.8 Å². The summed E-state index contributed by atoms with van der Waals surface area (Å²) in [5.74, 6) is 0.358. The molecular formula is C20H28ClN3O5S. The van der Waals surface area contributed by atoms with Crippen molar-refractivity contribution in [2.45, 2.75) is 24.3 Å². The smallest absolute Gasteiger partial charge is 0.251 e. The minimum Gasteiger partial charge on any atom is -0.491 e. The van der Waals surface area contributed by atoms with Crippen LogP contribution in [-0.4, -0.2) is 51.8 Å². The van der Waals surface area contributed by atoms with E-state index >= 15 is 0 Å². The molecule has 0 saturated carbocycles. The van der Waals surface area contributed by atoms with E-state index in [0.717, 1.165) is 12.1 Å². The first-order valence-corrected chi connectivity index (χ1v) is 10.9. The van der Waals surface area contributed by atoms with Gasteiger partial charge in [-0.1, -0.05) is 19.1 Å². The highest BCUT2D eigenvalue weighted by atomic mass is 35.5. The van der Waals surface area contributed by atoms with Gasteiger partial charge in [0.2, 0.25) is 10.0 Å². The quantitative estimate of drug-likeness (QED) is 0.399. The van der Waals surface area contributed by atoms with Gasteiger partial charge in [0.15, 0.2) is 0 Å². The summed E-state index contributed by atoms with van der Waals surface area (Å²) in [6.45, 7) is 3.77. The van der Waals surface area contributed by atoms with Gasteiger partial charge in [0.1, 0.15) is 18.5 Å². The third-order valence-electron chi connectivity index (χ3n) is 4.14. The molecule has 0 aliphatic heterocycles. The van der Waals surface area contributed by atoms with Crippen molar-refractivity contribution in [2.75, 3.05) is 26.2 Å². The number of nitrogens with two attached hydrogens (primary N) is 1. The minimum absolute atomic E-state index is 0. The number of carbonyl (C=O) groups is 1. The van der Waals surface area contributed by atoms with Crippen molar-refractivity contribution < 1.29 is 23.1 Å². The third-order valence-corrected chi connectivity index (χ3v) is 5.07. The number of carbonyl (C=O) groups excluding carboxylic acids is 1. The topological polar surface area (TPSA) is 131 Å². The number of primary sulfonamides is 1. The zero-order valence-corrected chi connectivity index (χ0v) is 18.3. The number of aliphatic hydroxyl groups is 1. The molecule has 166 valence electrons. The molecule has 10 heteroatoms. The Balaban J connectivity index is 0.00000450. The molecule has 0 aromatic heterocycles. The summed E-state index contributed by atoms with van der Waals surface area (Å²) in [4.78, 5) is 12.3. The number of ether oxygens (including phenoxy) is 1. The lowest BCUT2D eigenvalue weighted by Gasteiger charge is -2.13. The van der Waals surface area contributed by atoms with Crippen molar-refractivity contribution in [3.63, 3.8) is 0 Å². The third kappa shape index (κ3) is 8.68. The lowest BCUT2D eigenvalue weighted by Crippen LogP contribution is -2.31. The van der Waals surface area contributed by atoms with Gasteiger partial charge < -0.3 is 20.5 Å². The van der Waals surface area contributed by atoms with Gasteiger partial charge in [-0.15, -0.1) is 12.4 Å². The van der Waals surface area contributed by atoms with Crippen LogP contribution in [0.4, 0.5) is 0 Å². The largest absolute Gasteiger partial charge is 0.491 e. The minimum atomic E-state index is -3.70. The molecule has 2 aromatic rings. The molecule has 0 spiro atoms. The molecule has 5 N–H and O–H groups in total. The van der Waals surface area contributed by atoms with Gasteiger partial charge in [-0.05, 0) is 54.9 Å². The second-order valence-electron chi connectivity index (χ2n) is 6.49. The number of sulfonamides is 1. The molecule has 1 unspecified atom stereocenters. The van der Waals surface area contributed by atoms with E-state index in [1.807, 2.05) is 6.92 Å². The molecule has 0 aliphatic rings. The van der Waals surface area contributed by atoms with E-state index in [9.17, 15) is 18.3 Å². The normalized spacial score (nSPS) is 12.0. The highest BCUT2D eigenvalue weighted by Gasteiger charge is 2.09. The summed E-state index contributed by atoms with van der Waals surface area (Å²) in [5, 5.41) is 20.7. The molecule has 0 aliphatic carbocycles. The number of halogens is 1. The Labute approximate surface area is 183 Å². The van der Waals surface area contributed by atoms with Gasteiger partial charge in [-0.25, -0.2) is 13.6 Å². The van der Waals surface area contributed by atoms with Crippen molar-refractivity contribution in [2.24, 2.45) is 5.14 Å². The highest BCUT2D eigenvalue weighted by molar-refractivity contribution is 7.89. The van der Waals surface area contributed by atoms with Crippen molar-refractivity contribution in [3.8, 4) is 5.75 Å². The Hall–Kier alpha value is -2.17. The van der Waals surface area contributed by atoms with Crippen LogP contribution in [0.2, 0.25) is 0 Å². The number of benzene rings is 2. The molecule has 2 rings (SSSR count). The van der Waals surface area contributed by atoms with Gasteiger partial charge in [0, 0.05) is 18.7 Å². The van der Waals surface area contributed by atoms with E-state index in [0.29, 0.717) is 30.8 Å². The second-order valence-corrected chi connectivity index (χ2v) is 8.05. The van der Waals surface area contributed by atoms with E-state index in [1.165, 1.54) is 12.1 Å². The van der Waals surface area contributed by atoms with E-state index in [-0.39, 0.29) is 29.8 Å². The van der Waals surface area contributed by atoms with Crippen molar-refractivity contribution in [1.82, 2.24) is 10.6 Å². The maximum absolute atomic E-state index is 12.2. The first-order valence-electron chi connectivity index (χ1n) is 9.31. The van der Waals surface area contributed by atoms with Crippen LogP contribution >= 0.6 is 12.4 Å². The van der Waals surface area contributed by atoms with Crippen LogP contribution in [-0.2, 0) is 16.4 Å². The fraction of sp³-hybridized carbons (Fsp3) is 0.350. The van der Waals surface area contributed by atoms with Gasteiger partial charge >= 0.3 is 0 Å². The lowest BCUT2D eigenvalue weighted by molar-refractivity contribution is 0.0953. The fourth-order valence-electron chi connectivity index (χ4n) is 2.53. The maximum atomic E-state index is 12.2. The van der Waals surface area contributed by atoms with Crippen LogP contribution in [0.3, 0.4) is 0 Å². The molecule has 1 amide bonds. The Morgan fingerprint density at radius 1 is 1.13 bits per heavy atom. The summed E-state index contributed by atoms with van der Waals surface area (Å²) in [6, 6.07) is 12.9. The molecule has 1 atom stereocenters. The van der Waals surface area contributed by atoms with Crippen LogP contribution in [0.25, 0.3) is 0 Å². The Kier molecular flexibility index (Phi) is 10.8. The average molecular weight is 458 g/mol. The molecule has 0 fully saturated rings. The molecule has 2 aromatic carbocycles. The Morgan fingerprint density at radius 3 is 2.33 bits per heavy atom. The summed E-state index contributed by atoms with van der Waals surface area (Å²) in [5.41, 5.74) is 1.38. The van der Waals surface area contributed by atoms with Crippen LogP contribution < -0.4 is 20.5 Å². The second kappa shape index (κ2) is 12.5. The first kappa shape index (κ1) is 25.9. The molecule has 0 saturated heterocycles. The first-order chi connectivity index (χ1) is 13.8. The van der Waals surface area contributed by atoms with Gasteiger partial charge in [-0.2, -0.15) is 0 Å². The fourth-order valence-corrected chi connectivity index (χ4v) is 3.05. The number of likely N-dealkylation sites (N-methyl/N-ethyl adjacent to an activating group) is 1. The summed E-state index contributed by atoms with van der Waals surface area (Å²) in [6.07, 6.45) is -0.0430. The number of amides is 1. The van der Waals surface area contributed by atoms with Crippen LogP contribution in [0.15, 0.2) is 53.4 Å². The number of hydrogen-bond acceptors (Lipinski definition) is 6. The van der Waals surface area contributed by atoms with E-state index in [4.69, 9.17) is 9.88 Å². The maximum Gasteiger partial charge on any atom is 0.251 e. The number of aliphatic hydroxyl groups excluding tert-OH is 1. The standard InChI is InChI=1S/C20H27N3O5S.ClH/c1-2-22-13-17(24)14-28-18-7-5-16(6-8-18)20(25)23-12-11-15-3-9-19(10-4-15)29(21,26)27;/h3-10,17,22,24H,2,11-14H2,1H3,(H,23,25)(H2,21,26,27);1H. The Morgan fingerprint density at radius 2 is 1.77 bits per heavy atom. The monoisotopic (exact) mass is 457 g/mol. The van der Waals surface area contributed by atoms with Gasteiger partial charge in [0.25, 0.3) is 5.91 Å². The van der Waals surface area contributed by atoms with Crippen molar-refractivity contribution >= 4 is 28.3 Å². The predicted octanol–water partition coefficient (Wildman–Crippen LogP) is 1.08. The van der Waals surface area contributed by atoms with Crippen LogP contribution in [0, 0.1) is 0 Å². The zero-order valence-electron chi connectivity index (χ0n) is 16.7. The van der Waals surface area contributed by atoms with E-state index in [2.05, 4.69) is 10.6 Å². The number of hydrogen-bond donors (Lipinski definition) is 4. The SMILES string of the molecule is CCNCC(O)COc1ccc(C(=O)NCCc2ccc(S(N)(=O)=O)cc2)cc1.Cl. The zero-order chi connectivity index (χ0) is 21.3. The molecule has 0 bridgehead atoms. The Bertz CT molecular complexity index is 890.